The monoisotopic (exact) mass is 488 g/mol. The fourth-order valence-electron chi connectivity index (χ4n) is 5.30. The van der Waals surface area contributed by atoms with Crippen LogP contribution in [0.25, 0.3) is 27.4 Å². The van der Waals surface area contributed by atoms with Gasteiger partial charge in [0.25, 0.3) is 11.7 Å². The van der Waals surface area contributed by atoms with Crippen molar-refractivity contribution < 1.29 is 19.4 Å². The molecule has 6 nitrogen and oxygen atoms in total. The lowest BCUT2D eigenvalue weighted by Crippen LogP contribution is -2.29. The number of rotatable bonds is 4. The number of ketones is 1. The van der Waals surface area contributed by atoms with Gasteiger partial charge in [0.2, 0.25) is 0 Å². The van der Waals surface area contributed by atoms with Gasteiger partial charge in [-0.3, -0.25) is 14.5 Å². The zero-order valence-corrected chi connectivity index (χ0v) is 20.4. The van der Waals surface area contributed by atoms with Gasteiger partial charge in [-0.2, -0.15) is 0 Å². The topological polar surface area (TPSA) is 71.8 Å². The normalized spacial score (nSPS) is 17.1. The summed E-state index contributed by atoms with van der Waals surface area (Å²) in [4.78, 5) is 28.7. The maximum atomic E-state index is 13.6. The molecule has 1 atom stereocenters. The number of ether oxygens (including phenoxy) is 1. The lowest BCUT2D eigenvalue weighted by Gasteiger charge is -2.25. The van der Waals surface area contributed by atoms with Crippen LogP contribution in [0, 0.1) is 0 Å². The molecule has 1 N–H and O–H groups in total. The van der Waals surface area contributed by atoms with Crippen LogP contribution in [0.5, 0.6) is 5.75 Å². The van der Waals surface area contributed by atoms with E-state index in [1.807, 2.05) is 78.5 Å². The van der Waals surface area contributed by atoms with E-state index in [-0.39, 0.29) is 11.3 Å². The first kappa shape index (κ1) is 22.6. The third kappa shape index (κ3) is 3.49. The highest BCUT2D eigenvalue weighted by Crippen LogP contribution is 2.45. The number of para-hydroxylation sites is 1. The number of benzene rings is 4. The summed E-state index contributed by atoms with van der Waals surface area (Å²) in [7, 11) is 3.50. The number of aliphatic hydroxyl groups is 1. The predicted molar refractivity (Wildman–Crippen MR) is 145 cm³/mol. The fourth-order valence-corrected chi connectivity index (χ4v) is 5.30. The van der Waals surface area contributed by atoms with Crippen LogP contribution in [-0.4, -0.2) is 28.5 Å². The zero-order chi connectivity index (χ0) is 25.7. The van der Waals surface area contributed by atoms with Crippen LogP contribution in [0.4, 0.5) is 5.69 Å². The Morgan fingerprint density at radius 3 is 2.27 bits per heavy atom. The molecule has 0 spiro atoms. The van der Waals surface area contributed by atoms with Crippen LogP contribution in [0.15, 0.2) is 103 Å². The first-order valence-electron chi connectivity index (χ1n) is 12.0. The number of nitrogens with zero attached hydrogens (tertiary/aromatic N) is 2. The largest absolute Gasteiger partial charge is 0.507 e. The van der Waals surface area contributed by atoms with Crippen LogP contribution in [-0.2, 0) is 16.6 Å². The molecular formula is C31H24N2O4. The quantitative estimate of drug-likeness (QED) is 0.192. The molecule has 1 saturated heterocycles. The van der Waals surface area contributed by atoms with Crippen molar-refractivity contribution in [3.63, 3.8) is 0 Å². The Kier molecular flexibility index (Phi) is 5.30. The molecule has 37 heavy (non-hydrogen) atoms. The molecule has 0 bridgehead atoms. The van der Waals surface area contributed by atoms with Gasteiger partial charge in [0, 0.05) is 41.0 Å². The maximum Gasteiger partial charge on any atom is 0.300 e. The second kappa shape index (κ2) is 8.68. The highest BCUT2D eigenvalue weighted by atomic mass is 16.5. The van der Waals surface area contributed by atoms with Crippen LogP contribution < -0.4 is 9.64 Å². The van der Waals surface area contributed by atoms with Crippen molar-refractivity contribution in [1.29, 1.82) is 0 Å². The molecule has 2 heterocycles. The van der Waals surface area contributed by atoms with Gasteiger partial charge in [0.1, 0.15) is 11.5 Å². The molecule has 6 heteroatoms. The second-order valence-corrected chi connectivity index (χ2v) is 9.11. The number of amides is 1. The van der Waals surface area contributed by atoms with E-state index in [0.717, 1.165) is 27.2 Å². The lowest BCUT2D eigenvalue weighted by molar-refractivity contribution is -0.132. The molecule has 1 aliphatic rings. The van der Waals surface area contributed by atoms with E-state index in [9.17, 15) is 14.7 Å². The number of fused-ring (bicyclic) bond motifs is 2. The molecule has 4 aromatic carbocycles. The third-order valence-electron chi connectivity index (χ3n) is 7.06. The van der Waals surface area contributed by atoms with Gasteiger partial charge in [-0.1, -0.05) is 60.7 Å². The smallest absolute Gasteiger partial charge is 0.300 e. The molecule has 6 rings (SSSR count). The molecule has 1 unspecified atom stereocenters. The molecule has 182 valence electrons. The van der Waals surface area contributed by atoms with Crippen LogP contribution in [0.3, 0.4) is 0 Å². The number of methoxy groups -OCH3 is 1. The second-order valence-electron chi connectivity index (χ2n) is 9.11. The van der Waals surface area contributed by atoms with Gasteiger partial charge in [-0.25, -0.2) is 0 Å². The average Bonchev–Trinajstić information content (AvgIpc) is 3.41. The number of carbonyl (C=O) groups excluding carboxylic acids is 2. The van der Waals surface area contributed by atoms with E-state index < -0.39 is 17.7 Å². The Bertz CT molecular complexity index is 1720. The first-order valence-corrected chi connectivity index (χ1v) is 12.0. The van der Waals surface area contributed by atoms with E-state index in [1.165, 1.54) is 4.90 Å². The van der Waals surface area contributed by atoms with Gasteiger partial charge in [-0.05, 0) is 41.1 Å². The van der Waals surface area contributed by atoms with Gasteiger partial charge < -0.3 is 14.4 Å². The van der Waals surface area contributed by atoms with Gasteiger partial charge in [-0.15, -0.1) is 0 Å². The number of aliphatic hydroxyl groups excluding tert-OH is 1. The minimum Gasteiger partial charge on any atom is -0.507 e. The minimum absolute atomic E-state index is 0.0634. The van der Waals surface area contributed by atoms with Crippen molar-refractivity contribution in [3.8, 4) is 5.75 Å². The van der Waals surface area contributed by atoms with Crippen LogP contribution in [0.2, 0.25) is 0 Å². The number of aryl methyl sites for hydroxylation is 1. The molecule has 1 aliphatic heterocycles. The Hall–Kier alpha value is -4.84. The van der Waals surface area contributed by atoms with Crippen molar-refractivity contribution in [2.75, 3.05) is 12.0 Å². The summed E-state index contributed by atoms with van der Waals surface area (Å²) in [6.07, 6.45) is 1.92. The minimum atomic E-state index is -0.821. The molecule has 5 aromatic rings. The Labute approximate surface area is 213 Å². The zero-order valence-electron chi connectivity index (χ0n) is 20.4. The van der Waals surface area contributed by atoms with E-state index in [0.29, 0.717) is 17.0 Å². The molecule has 1 fully saturated rings. The molecule has 0 radical (unpaired) electrons. The summed E-state index contributed by atoms with van der Waals surface area (Å²) in [6, 6.07) is 27.2. The Morgan fingerprint density at radius 2 is 1.51 bits per heavy atom. The number of hydrogen-bond acceptors (Lipinski definition) is 4. The summed E-state index contributed by atoms with van der Waals surface area (Å²) in [5, 5.41) is 14.3. The summed E-state index contributed by atoms with van der Waals surface area (Å²) < 4.78 is 7.26. The standard InChI is InChI=1S/C31H24N2O4/c1-32-18-25(23-11-5-6-13-26(23)32)28-27(29(34)24-12-7-9-19-8-3-4-10-22(19)24)30(35)31(36)33(28)20-14-16-21(37-2)17-15-20/h3-18,28,34H,1-2H3/b29-27+. The highest BCUT2D eigenvalue weighted by molar-refractivity contribution is 6.52. The lowest BCUT2D eigenvalue weighted by atomic mass is 9.93. The number of anilines is 1. The summed E-state index contributed by atoms with van der Waals surface area (Å²) >= 11 is 0. The summed E-state index contributed by atoms with van der Waals surface area (Å²) in [5.41, 5.74) is 2.83. The van der Waals surface area contributed by atoms with Crippen molar-refractivity contribution in [1.82, 2.24) is 4.57 Å². The van der Waals surface area contributed by atoms with Crippen LogP contribution >= 0.6 is 0 Å². The maximum absolute atomic E-state index is 13.6. The van der Waals surface area contributed by atoms with Gasteiger partial charge in [0.05, 0.1) is 18.7 Å². The van der Waals surface area contributed by atoms with E-state index in [2.05, 4.69) is 0 Å². The predicted octanol–water partition coefficient (Wildman–Crippen LogP) is 5.97. The number of hydrogen-bond donors (Lipinski definition) is 1. The number of aromatic nitrogens is 1. The highest BCUT2D eigenvalue weighted by Gasteiger charge is 2.48. The Balaban J connectivity index is 1.65. The van der Waals surface area contributed by atoms with Crippen molar-refractivity contribution in [3.05, 3.63) is 114 Å². The third-order valence-corrected chi connectivity index (χ3v) is 7.06. The SMILES string of the molecule is COc1ccc(N2C(=O)C(=O)/C(=C(/O)c3cccc4ccccc34)C2c2cn(C)c3ccccc23)cc1. The van der Waals surface area contributed by atoms with E-state index in [1.54, 1.807) is 37.4 Å². The Morgan fingerprint density at radius 1 is 0.838 bits per heavy atom. The summed E-state index contributed by atoms with van der Waals surface area (Å²) in [5.74, 6) is -0.967. The van der Waals surface area contributed by atoms with Crippen LogP contribution in [0.1, 0.15) is 17.2 Å². The van der Waals surface area contributed by atoms with Crippen molar-refractivity contribution >= 4 is 44.8 Å². The van der Waals surface area contributed by atoms with Gasteiger partial charge >= 0.3 is 0 Å². The number of Topliss-reactive ketones (excluding diaryl/α,β-unsaturated/α-hetero) is 1. The number of carbonyl (C=O) groups is 2. The molecule has 1 aromatic heterocycles. The average molecular weight is 489 g/mol. The van der Waals surface area contributed by atoms with Crippen molar-refractivity contribution in [2.24, 2.45) is 7.05 Å². The summed E-state index contributed by atoms with van der Waals surface area (Å²) in [6.45, 7) is 0. The van der Waals surface area contributed by atoms with E-state index in [4.69, 9.17) is 4.74 Å². The molecule has 0 aliphatic carbocycles. The molecule has 0 saturated carbocycles. The molecular weight excluding hydrogens is 464 g/mol. The fraction of sp³-hybridized carbons (Fsp3) is 0.0968. The van der Waals surface area contributed by atoms with Gasteiger partial charge in [0.15, 0.2) is 0 Å². The first-order chi connectivity index (χ1) is 18.0. The molecule has 1 amide bonds. The van der Waals surface area contributed by atoms with E-state index >= 15 is 0 Å². The van der Waals surface area contributed by atoms with Crippen molar-refractivity contribution in [2.45, 2.75) is 6.04 Å².